The third kappa shape index (κ3) is 2.22. The Bertz CT molecular complexity index is 157. The van der Waals surface area contributed by atoms with Crippen LogP contribution in [0.4, 0.5) is 0 Å². The predicted molar refractivity (Wildman–Crippen MR) is 52.5 cm³/mol. The lowest BCUT2D eigenvalue weighted by Crippen LogP contribution is -2.55. The number of piperazine rings is 1. The van der Waals surface area contributed by atoms with Gasteiger partial charge in [0.1, 0.15) is 6.23 Å². The van der Waals surface area contributed by atoms with Gasteiger partial charge in [0.15, 0.2) is 0 Å². The molecule has 0 aromatic carbocycles. The van der Waals surface area contributed by atoms with Crippen molar-refractivity contribution in [1.29, 1.82) is 0 Å². The van der Waals surface area contributed by atoms with Gasteiger partial charge in [-0.05, 0) is 12.8 Å². The highest BCUT2D eigenvalue weighted by molar-refractivity contribution is 4.81. The molecule has 3 heteroatoms. The number of hydrogen-bond acceptors (Lipinski definition) is 3. The van der Waals surface area contributed by atoms with E-state index in [0.717, 1.165) is 19.6 Å². The topological polar surface area (TPSA) is 35.5 Å². The lowest BCUT2D eigenvalue weighted by Gasteiger charge is -2.40. The molecular weight excluding hydrogens is 164 g/mol. The van der Waals surface area contributed by atoms with Gasteiger partial charge in [-0.1, -0.05) is 19.3 Å². The summed E-state index contributed by atoms with van der Waals surface area (Å²) in [6.45, 7) is 2.80. The maximum atomic E-state index is 9.78. The second-order valence-corrected chi connectivity index (χ2v) is 4.21. The molecule has 1 aliphatic carbocycles. The van der Waals surface area contributed by atoms with E-state index in [-0.39, 0.29) is 6.23 Å². The Morgan fingerprint density at radius 3 is 2.62 bits per heavy atom. The molecule has 0 spiro atoms. The van der Waals surface area contributed by atoms with Crippen LogP contribution in [-0.4, -0.2) is 41.9 Å². The maximum absolute atomic E-state index is 9.78. The third-order valence-electron chi connectivity index (χ3n) is 3.30. The second-order valence-electron chi connectivity index (χ2n) is 4.21. The molecule has 1 saturated heterocycles. The normalized spacial score (nSPS) is 33.5. The van der Waals surface area contributed by atoms with Crippen molar-refractivity contribution in [3.05, 3.63) is 0 Å². The minimum atomic E-state index is -0.239. The summed E-state index contributed by atoms with van der Waals surface area (Å²) in [6.07, 6.45) is 6.42. The molecule has 0 radical (unpaired) electrons. The molecule has 76 valence electrons. The lowest BCUT2D eigenvalue weighted by molar-refractivity contribution is -0.0481. The van der Waals surface area contributed by atoms with E-state index in [1.807, 2.05) is 0 Å². The molecule has 0 bridgehead atoms. The van der Waals surface area contributed by atoms with E-state index in [1.54, 1.807) is 0 Å². The van der Waals surface area contributed by atoms with Crippen LogP contribution in [0.1, 0.15) is 32.1 Å². The molecular formula is C10H20N2O. The zero-order valence-corrected chi connectivity index (χ0v) is 8.21. The Labute approximate surface area is 80.1 Å². The van der Waals surface area contributed by atoms with Gasteiger partial charge in [-0.3, -0.25) is 4.90 Å². The maximum Gasteiger partial charge on any atom is 0.120 e. The number of aliphatic hydroxyl groups excluding tert-OH is 1. The van der Waals surface area contributed by atoms with Crippen molar-refractivity contribution in [1.82, 2.24) is 10.2 Å². The highest BCUT2D eigenvalue weighted by Gasteiger charge is 2.27. The quantitative estimate of drug-likeness (QED) is 0.624. The van der Waals surface area contributed by atoms with Crippen LogP contribution in [0, 0.1) is 0 Å². The van der Waals surface area contributed by atoms with Crippen molar-refractivity contribution in [3.8, 4) is 0 Å². The summed E-state index contributed by atoms with van der Waals surface area (Å²) in [5.41, 5.74) is 0. The van der Waals surface area contributed by atoms with Gasteiger partial charge in [0, 0.05) is 25.7 Å². The molecule has 0 aromatic heterocycles. The largest absolute Gasteiger partial charge is 0.377 e. The second kappa shape index (κ2) is 4.40. The molecule has 2 aliphatic rings. The average molecular weight is 184 g/mol. The number of β-amino-alcohol motifs (C(OH)–C–C–N with tert-alkyl or cyclic N) is 1. The molecule has 3 nitrogen and oxygen atoms in total. The first-order valence-electron chi connectivity index (χ1n) is 5.52. The first-order valence-corrected chi connectivity index (χ1v) is 5.52. The smallest absolute Gasteiger partial charge is 0.120 e. The fraction of sp³-hybridized carbons (Fsp3) is 1.00. The lowest BCUT2D eigenvalue weighted by atomic mass is 9.93. The van der Waals surface area contributed by atoms with Crippen molar-refractivity contribution in [3.63, 3.8) is 0 Å². The number of hydrogen-bond donors (Lipinski definition) is 2. The summed E-state index contributed by atoms with van der Waals surface area (Å²) < 4.78 is 0. The van der Waals surface area contributed by atoms with Gasteiger partial charge in [0.2, 0.25) is 0 Å². The van der Waals surface area contributed by atoms with Crippen molar-refractivity contribution < 1.29 is 5.11 Å². The Morgan fingerprint density at radius 2 is 1.92 bits per heavy atom. The molecule has 1 saturated carbocycles. The van der Waals surface area contributed by atoms with Crippen molar-refractivity contribution in [2.75, 3.05) is 19.6 Å². The molecule has 13 heavy (non-hydrogen) atoms. The SMILES string of the molecule is OC1CNCCN1C1CCCCC1. The number of rotatable bonds is 1. The first kappa shape index (κ1) is 9.44. The molecule has 1 atom stereocenters. The fourth-order valence-corrected chi connectivity index (χ4v) is 2.54. The molecule has 2 fully saturated rings. The van der Waals surface area contributed by atoms with Crippen LogP contribution >= 0.6 is 0 Å². The van der Waals surface area contributed by atoms with Crippen LogP contribution in [0.3, 0.4) is 0 Å². The van der Waals surface area contributed by atoms with E-state index < -0.39 is 0 Å². The van der Waals surface area contributed by atoms with E-state index in [4.69, 9.17) is 0 Å². The van der Waals surface area contributed by atoms with E-state index in [9.17, 15) is 5.11 Å². The number of aliphatic hydroxyl groups is 1. The summed E-state index contributed by atoms with van der Waals surface area (Å²) in [5.74, 6) is 0. The van der Waals surface area contributed by atoms with E-state index in [2.05, 4.69) is 10.2 Å². The van der Waals surface area contributed by atoms with Crippen molar-refractivity contribution in [2.45, 2.75) is 44.4 Å². The zero-order valence-electron chi connectivity index (χ0n) is 8.21. The standard InChI is InChI=1S/C10H20N2O/c13-10-8-11-6-7-12(10)9-4-2-1-3-5-9/h9-11,13H,1-8H2. The van der Waals surface area contributed by atoms with Gasteiger partial charge < -0.3 is 10.4 Å². The number of nitrogens with one attached hydrogen (secondary N) is 1. The van der Waals surface area contributed by atoms with Crippen molar-refractivity contribution in [2.24, 2.45) is 0 Å². The van der Waals surface area contributed by atoms with Crippen LogP contribution in [0.2, 0.25) is 0 Å². The number of nitrogens with zero attached hydrogens (tertiary/aromatic N) is 1. The summed E-state index contributed by atoms with van der Waals surface area (Å²) in [5, 5.41) is 13.0. The molecule has 1 unspecified atom stereocenters. The Hall–Kier alpha value is -0.120. The van der Waals surface area contributed by atoms with Gasteiger partial charge in [-0.25, -0.2) is 0 Å². The Kier molecular flexibility index (Phi) is 3.19. The minimum Gasteiger partial charge on any atom is -0.377 e. The van der Waals surface area contributed by atoms with Gasteiger partial charge in [0.25, 0.3) is 0 Å². The summed E-state index contributed by atoms with van der Waals surface area (Å²) in [6, 6.07) is 0.658. The summed E-state index contributed by atoms with van der Waals surface area (Å²) in [7, 11) is 0. The van der Waals surface area contributed by atoms with E-state index in [1.165, 1.54) is 32.1 Å². The van der Waals surface area contributed by atoms with Crippen LogP contribution in [0.25, 0.3) is 0 Å². The highest BCUT2D eigenvalue weighted by Crippen LogP contribution is 2.23. The molecule has 0 aromatic rings. The van der Waals surface area contributed by atoms with Gasteiger partial charge in [-0.2, -0.15) is 0 Å². The first-order chi connectivity index (χ1) is 6.38. The molecule has 2 N–H and O–H groups in total. The summed E-state index contributed by atoms with van der Waals surface area (Å²) in [4.78, 5) is 2.29. The Balaban J connectivity index is 1.88. The monoisotopic (exact) mass is 184 g/mol. The van der Waals surface area contributed by atoms with Crippen molar-refractivity contribution >= 4 is 0 Å². The summed E-state index contributed by atoms with van der Waals surface area (Å²) >= 11 is 0. The molecule has 1 heterocycles. The third-order valence-corrected chi connectivity index (χ3v) is 3.30. The fourth-order valence-electron chi connectivity index (χ4n) is 2.54. The van der Waals surface area contributed by atoms with Crippen LogP contribution in [0.5, 0.6) is 0 Å². The van der Waals surface area contributed by atoms with Crippen LogP contribution in [-0.2, 0) is 0 Å². The average Bonchev–Trinajstić information content (AvgIpc) is 2.20. The molecule has 2 rings (SSSR count). The highest BCUT2D eigenvalue weighted by atomic mass is 16.3. The minimum absolute atomic E-state index is 0.239. The van der Waals surface area contributed by atoms with Crippen LogP contribution in [0.15, 0.2) is 0 Å². The van der Waals surface area contributed by atoms with E-state index >= 15 is 0 Å². The molecule has 1 aliphatic heterocycles. The predicted octanol–water partition coefficient (Wildman–Crippen LogP) is 0.543. The Morgan fingerprint density at radius 1 is 1.15 bits per heavy atom. The van der Waals surface area contributed by atoms with Crippen LogP contribution < -0.4 is 5.32 Å². The van der Waals surface area contributed by atoms with Gasteiger partial charge in [0.05, 0.1) is 0 Å². The van der Waals surface area contributed by atoms with Gasteiger partial charge >= 0.3 is 0 Å². The van der Waals surface area contributed by atoms with E-state index in [0.29, 0.717) is 6.04 Å². The van der Waals surface area contributed by atoms with Gasteiger partial charge in [-0.15, -0.1) is 0 Å². The molecule has 0 amide bonds. The zero-order chi connectivity index (χ0) is 9.10.